The Morgan fingerprint density at radius 1 is 1.32 bits per heavy atom. The fourth-order valence-corrected chi connectivity index (χ4v) is 3.27. The second-order valence-corrected chi connectivity index (χ2v) is 8.66. The van der Waals surface area contributed by atoms with E-state index >= 15 is 0 Å². The van der Waals surface area contributed by atoms with Crippen LogP contribution in [0.3, 0.4) is 0 Å². The van der Waals surface area contributed by atoms with Crippen LogP contribution in [0.4, 0.5) is 4.79 Å². The molecule has 1 heterocycles. The molecule has 3 unspecified atom stereocenters. The number of nitrogens with zero attached hydrogens (tertiary/aromatic N) is 1. The molecule has 1 aliphatic heterocycles. The van der Waals surface area contributed by atoms with E-state index < -0.39 is 5.60 Å². The molecule has 4 heteroatoms. The van der Waals surface area contributed by atoms with Gasteiger partial charge >= 0.3 is 6.09 Å². The molecule has 1 aliphatic carbocycles. The molecule has 1 saturated heterocycles. The maximum absolute atomic E-state index is 12.3. The van der Waals surface area contributed by atoms with E-state index in [1.165, 1.54) is 19.3 Å². The Kier molecular flexibility index (Phi) is 5.10. The highest BCUT2D eigenvalue weighted by Gasteiger charge is 2.43. The van der Waals surface area contributed by atoms with Crippen LogP contribution in [0.5, 0.6) is 0 Å². The number of hydrogen-bond donors (Lipinski definition) is 1. The van der Waals surface area contributed by atoms with Crippen molar-refractivity contribution < 1.29 is 9.53 Å². The van der Waals surface area contributed by atoms with Crippen LogP contribution in [0.2, 0.25) is 0 Å². The molecule has 1 N–H and O–H groups in total. The van der Waals surface area contributed by atoms with Gasteiger partial charge in [-0.1, -0.05) is 6.92 Å². The summed E-state index contributed by atoms with van der Waals surface area (Å²) in [4.78, 5) is 14.1. The van der Waals surface area contributed by atoms with Crippen molar-refractivity contribution in [2.24, 2.45) is 11.3 Å². The minimum Gasteiger partial charge on any atom is -0.444 e. The Balaban J connectivity index is 1.85. The van der Waals surface area contributed by atoms with E-state index in [9.17, 15) is 4.79 Å². The van der Waals surface area contributed by atoms with Crippen LogP contribution < -0.4 is 5.32 Å². The molecule has 0 aromatic rings. The molecule has 0 bridgehead atoms. The van der Waals surface area contributed by atoms with E-state index in [-0.39, 0.29) is 6.09 Å². The second kappa shape index (κ2) is 6.38. The molecule has 4 nitrogen and oxygen atoms in total. The minimum absolute atomic E-state index is 0.161. The SMILES string of the molecule is CC(NC(C)C1(C)CC1)C1CCCN(C(=O)OC(C)(C)C)C1. The second-order valence-electron chi connectivity index (χ2n) is 8.66. The number of carbonyl (C=O) groups is 1. The molecular formula is C18H34N2O2. The van der Waals surface area contributed by atoms with Crippen molar-refractivity contribution in [3.05, 3.63) is 0 Å². The van der Waals surface area contributed by atoms with Crippen LogP contribution >= 0.6 is 0 Å². The summed E-state index contributed by atoms with van der Waals surface area (Å²) in [6.07, 6.45) is 4.77. The first-order chi connectivity index (χ1) is 10.1. The minimum atomic E-state index is -0.414. The molecule has 1 saturated carbocycles. The van der Waals surface area contributed by atoms with Crippen molar-refractivity contribution in [3.8, 4) is 0 Å². The summed E-state index contributed by atoms with van der Waals surface area (Å²) >= 11 is 0. The van der Waals surface area contributed by atoms with E-state index in [1.807, 2.05) is 25.7 Å². The molecule has 1 amide bonds. The molecule has 22 heavy (non-hydrogen) atoms. The van der Waals surface area contributed by atoms with E-state index in [4.69, 9.17) is 4.74 Å². The number of hydrogen-bond acceptors (Lipinski definition) is 3. The van der Waals surface area contributed by atoms with Crippen LogP contribution in [-0.2, 0) is 4.74 Å². The van der Waals surface area contributed by atoms with Crippen LogP contribution in [0.1, 0.15) is 67.2 Å². The van der Waals surface area contributed by atoms with Gasteiger partial charge in [0.1, 0.15) is 5.60 Å². The van der Waals surface area contributed by atoms with Crippen molar-refractivity contribution in [1.29, 1.82) is 0 Å². The van der Waals surface area contributed by atoms with E-state index in [1.54, 1.807) is 0 Å². The number of rotatable bonds is 4. The lowest BCUT2D eigenvalue weighted by Gasteiger charge is -2.38. The van der Waals surface area contributed by atoms with Gasteiger partial charge in [-0.05, 0) is 71.6 Å². The van der Waals surface area contributed by atoms with Gasteiger partial charge in [0.25, 0.3) is 0 Å². The van der Waals surface area contributed by atoms with E-state index in [2.05, 4.69) is 26.1 Å². The van der Waals surface area contributed by atoms with Crippen molar-refractivity contribution in [1.82, 2.24) is 10.2 Å². The van der Waals surface area contributed by atoms with Crippen molar-refractivity contribution in [2.45, 2.75) is 84.9 Å². The first-order valence-corrected chi connectivity index (χ1v) is 8.85. The molecule has 0 aromatic heterocycles. The Labute approximate surface area is 136 Å². The average molecular weight is 310 g/mol. The van der Waals surface area contributed by atoms with Crippen molar-refractivity contribution in [3.63, 3.8) is 0 Å². The first kappa shape index (κ1) is 17.6. The third-order valence-electron chi connectivity index (χ3n) is 5.41. The zero-order chi connectivity index (χ0) is 16.5. The van der Waals surface area contributed by atoms with Gasteiger partial charge in [0.05, 0.1) is 0 Å². The lowest BCUT2D eigenvalue weighted by Crippen LogP contribution is -2.50. The molecule has 2 aliphatic rings. The summed E-state index contributed by atoms with van der Waals surface area (Å²) in [5, 5.41) is 3.78. The summed E-state index contributed by atoms with van der Waals surface area (Å²) < 4.78 is 5.52. The van der Waals surface area contributed by atoms with Gasteiger partial charge in [0.2, 0.25) is 0 Å². The zero-order valence-electron chi connectivity index (χ0n) is 15.2. The topological polar surface area (TPSA) is 41.6 Å². The summed E-state index contributed by atoms with van der Waals surface area (Å²) in [5.41, 5.74) is 0.0801. The highest BCUT2D eigenvalue weighted by Crippen LogP contribution is 2.48. The van der Waals surface area contributed by atoms with Gasteiger partial charge in [-0.2, -0.15) is 0 Å². The summed E-state index contributed by atoms with van der Waals surface area (Å²) in [6, 6.07) is 0.997. The predicted molar refractivity (Wildman–Crippen MR) is 89.9 cm³/mol. The van der Waals surface area contributed by atoms with Gasteiger partial charge in [0, 0.05) is 25.2 Å². The van der Waals surface area contributed by atoms with E-state index in [0.717, 1.165) is 19.5 Å². The molecule has 0 aromatic carbocycles. The molecule has 2 rings (SSSR count). The number of amides is 1. The summed E-state index contributed by atoms with van der Waals surface area (Å²) in [6.45, 7) is 14.4. The number of ether oxygens (including phenoxy) is 1. The highest BCUT2D eigenvalue weighted by atomic mass is 16.6. The van der Waals surface area contributed by atoms with Gasteiger partial charge in [-0.25, -0.2) is 4.79 Å². The largest absolute Gasteiger partial charge is 0.444 e. The van der Waals surface area contributed by atoms with Crippen LogP contribution in [0.25, 0.3) is 0 Å². The van der Waals surface area contributed by atoms with Crippen LogP contribution in [0.15, 0.2) is 0 Å². The molecule has 0 spiro atoms. The fraction of sp³-hybridized carbons (Fsp3) is 0.944. The van der Waals surface area contributed by atoms with Crippen LogP contribution in [-0.4, -0.2) is 41.8 Å². The Hall–Kier alpha value is -0.770. The molecular weight excluding hydrogens is 276 g/mol. The van der Waals surface area contributed by atoms with Gasteiger partial charge < -0.3 is 15.0 Å². The van der Waals surface area contributed by atoms with E-state index in [0.29, 0.717) is 23.4 Å². The standard InChI is InChI=1S/C18H34N2O2/c1-13(19-14(2)18(6)9-10-18)15-8-7-11-20(12-15)16(21)22-17(3,4)5/h13-15,19H,7-12H2,1-6H3. The molecule has 0 radical (unpaired) electrons. The van der Waals surface area contributed by atoms with Gasteiger partial charge in [-0.15, -0.1) is 0 Å². The quantitative estimate of drug-likeness (QED) is 0.858. The monoisotopic (exact) mass is 310 g/mol. The molecule has 3 atom stereocenters. The lowest BCUT2D eigenvalue weighted by molar-refractivity contribution is 0.0144. The Morgan fingerprint density at radius 2 is 1.95 bits per heavy atom. The molecule has 128 valence electrons. The number of carbonyl (C=O) groups excluding carboxylic acids is 1. The summed E-state index contributed by atoms with van der Waals surface area (Å²) in [7, 11) is 0. The van der Waals surface area contributed by atoms with Gasteiger partial charge in [-0.3, -0.25) is 0 Å². The normalized spacial score (nSPS) is 27.2. The van der Waals surface area contributed by atoms with Gasteiger partial charge in [0.15, 0.2) is 0 Å². The smallest absolute Gasteiger partial charge is 0.410 e. The third kappa shape index (κ3) is 4.61. The molecule has 2 fully saturated rings. The Morgan fingerprint density at radius 3 is 2.50 bits per heavy atom. The third-order valence-corrected chi connectivity index (χ3v) is 5.41. The van der Waals surface area contributed by atoms with Crippen molar-refractivity contribution >= 4 is 6.09 Å². The fourth-order valence-electron chi connectivity index (χ4n) is 3.27. The van der Waals surface area contributed by atoms with Crippen molar-refractivity contribution in [2.75, 3.05) is 13.1 Å². The maximum Gasteiger partial charge on any atom is 0.410 e. The Bertz CT molecular complexity index is 398. The number of nitrogens with one attached hydrogen (secondary N) is 1. The maximum atomic E-state index is 12.3. The summed E-state index contributed by atoms with van der Waals surface area (Å²) in [5.74, 6) is 0.520. The van der Waals surface area contributed by atoms with Crippen LogP contribution in [0, 0.1) is 11.3 Å². The number of likely N-dealkylation sites (tertiary alicyclic amines) is 1. The average Bonchev–Trinajstić information content (AvgIpc) is 3.16. The zero-order valence-corrected chi connectivity index (χ0v) is 15.2. The lowest BCUT2D eigenvalue weighted by atomic mass is 9.90. The number of piperidine rings is 1. The highest BCUT2D eigenvalue weighted by molar-refractivity contribution is 5.68. The first-order valence-electron chi connectivity index (χ1n) is 8.85. The predicted octanol–water partition coefficient (Wildman–Crippen LogP) is 3.80.